The van der Waals surface area contributed by atoms with E-state index in [1.807, 2.05) is 36.4 Å². The zero-order chi connectivity index (χ0) is 14.2. The molecule has 0 saturated carbocycles. The van der Waals surface area contributed by atoms with Gasteiger partial charge in [-0.2, -0.15) is 0 Å². The number of fused-ring (bicyclic) bond motifs is 2. The number of carbonyl (C=O) groups is 1. The number of carboxylic acids is 1. The van der Waals surface area contributed by atoms with Gasteiger partial charge < -0.3 is 9.84 Å². The maximum absolute atomic E-state index is 12.1. The van der Waals surface area contributed by atoms with Gasteiger partial charge in [0, 0.05) is 11.1 Å². The molecule has 0 amide bonds. The molecule has 0 atom stereocenters. The lowest BCUT2D eigenvalue weighted by Crippen LogP contribution is -2.39. The molecule has 0 saturated heterocycles. The molecule has 0 aliphatic carbocycles. The van der Waals surface area contributed by atoms with Crippen molar-refractivity contribution in [1.82, 2.24) is 0 Å². The molecular formula is C17H14O3. The van der Waals surface area contributed by atoms with Crippen molar-refractivity contribution in [3.05, 3.63) is 72.3 Å². The zero-order valence-electron chi connectivity index (χ0n) is 10.9. The van der Waals surface area contributed by atoms with E-state index in [0.717, 1.165) is 0 Å². The number of carboxylic acid groups (broad SMARTS) is 1. The molecule has 1 heterocycles. The zero-order valence-corrected chi connectivity index (χ0v) is 10.9. The number of benzene rings is 2. The molecule has 0 radical (unpaired) electrons. The first-order chi connectivity index (χ1) is 9.70. The van der Waals surface area contributed by atoms with Gasteiger partial charge in [-0.1, -0.05) is 42.5 Å². The average Bonchev–Trinajstić information content (AvgIpc) is 2.46. The van der Waals surface area contributed by atoms with Gasteiger partial charge in [0.05, 0.1) is 0 Å². The van der Waals surface area contributed by atoms with E-state index >= 15 is 0 Å². The topological polar surface area (TPSA) is 46.5 Å². The standard InChI is InChI=1S/C17H14O3/c1-2-11-17(16(18)19)12-7-3-5-9-14(12)20-15-10-6-4-8-13(15)17/h2-10H,1,11H2,(H,18,19). The summed E-state index contributed by atoms with van der Waals surface area (Å²) in [6.45, 7) is 3.72. The highest BCUT2D eigenvalue weighted by Gasteiger charge is 2.47. The summed E-state index contributed by atoms with van der Waals surface area (Å²) in [7, 11) is 0. The number of allylic oxidation sites excluding steroid dienone is 1. The third-order valence-electron chi connectivity index (χ3n) is 3.73. The minimum absolute atomic E-state index is 0.319. The van der Waals surface area contributed by atoms with E-state index in [2.05, 4.69) is 6.58 Å². The van der Waals surface area contributed by atoms with Crippen LogP contribution in [-0.2, 0) is 10.2 Å². The minimum Gasteiger partial charge on any atom is -0.480 e. The first-order valence-corrected chi connectivity index (χ1v) is 6.41. The van der Waals surface area contributed by atoms with E-state index in [1.165, 1.54) is 0 Å². The minimum atomic E-state index is -1.13. The normalized spacial score (nSPS) is 14.6. The summed E-state index contributed by atoms with van der Waals surface area (Å²) < 4.78 is 5.83. The predicted octanol–water partition coefficient (Wildman–Crippen LogP) is 3.74. The maximum Gasteiger partial charge on any atom is 0.319 e. The molecule has 0 bridgehead atoms. The maximum atomic E-state index is 12.1. The van der Waals surface area contributed by atoms with Crippen molar-refractivity contribution in [3.63, 3.8) is 0 Å². The SMILES string of the molecule is C=CCC1(C(=O)O)c2ccccc2Oc2ccccc21. The molecule has 2 aromatic rings. The Morgan fingerprint density at radius 2 is 1.60 bits per heavy atom. The van der Waals surface area contributed by atoms with Crippen LogP contribution in [0, 0.1) is 0 Å². The van der Waals surface area contributed by atoms with Crippen molar-refractivity contribution in [1.29, 1.82) is 0 Å². The fourth-order valence-corrected chi connectivity index (χ4v) is 2.83. The van der Waals surface area contributed by atoms with Crippen LogP contribution in [0.2, 0.25) is 0 Å². The molecule has 3 heteroatoms. The first-order valence-electron chi connectivity index (χ1n) is 6.41. The van der Waals surface area contributed by atoms with Gasteiger partial charge >= 0.3 is 5.97 Å². The van der Waals surface area contributed by atoms with Gasteiger partial charge in [0.2, 0.25) is 0 Å². The average molecular weight is 266 g/mol. The van der Waals surface area contributed by atoms with Crippen molar-refractivity contribution in [2.24, 2.45) is 0 Å². The Morgan fingerprint density at radius 3 is 2.05 bits per heavy atom. The summed E-state index contributed by atoms with van der Waals surface area (Å²) in [6.07, 6.45) is 1.96. The number of hydrogen-bond donors (Lipinski definition) is 1. The van der Waals surface area contributed by atoms with Crippen molar-refractivity contribution in [2.75, 3.05) is 0 Å². The van der Waals surface area contributed by atoms with Crippen molar-refractivity contribution in [2.45, 2.75) is 11.8 Å². The number of para-hydroxylation sites is 2. The Bertz CT molecular complexity index is 643. The summed E-state index contributed by atoms with van der Waals surface area (Å²) in [5, 5.41) is 9.91. The number of hydrogen-bond acceptors (Lipinski definition) is 2. The monoisotopic (exact) mass is 266 g/mol. The van der Waals surface area contributed by atoms with Crippen LogP contribution in [0.4, 0.5) is 0 Å². The largest absolute Gasteiger partial charge is 0.480 e. The third kappa shape index (κ3) is 1.56. The highest BCUT2D eigenvalue weighted by Crippen LogP contribution is 2.50. The lowest BCUT2D eigenvalue weighted by molar-refractivity contribution is -0.142. The summed E-state index contributed by atoms with van der Waals surface area (Å²) in [5.74, 6) is 0.298. The number of rotatable bonds is 3. The number of ether oxygens (including phenoxy) is 1. The van der Waals surface area contributed by atoms with Gasteiger partial charge in [0.15, 0.2) is 0 Å². The quantitative estimate of drug-likeness (QED) is 0.861. The van der Waals surface area contributed by atoms with E-state index in [0.29, 0.717) is 29.0 Å². The Labute approximate surface area is 117 Å². The van der Waals surface area contributed by atoms with Gasteiger partial charge in [-0.3, -0.25) is 4.79 Å². The van der Waals surface area contributed by atoms with Crippen molar-refractivity contribution < 1.29 is 14.6 Å². The van der Waals surface area contributed by atoms with Gasteiger partial charge in [0.1, 0.15) is 16.9 Å². The fourth-order valence-electron chi connectivity index (χ4n) is 2.83. The van der Waals surface area contributed by atoms with Crippen LogP contribution in [0.3, 0.4) is 0 Å². The molecule has 1 aliphatic heterocycles. The van der Waals surface area contributed by atoms with E-state index in [9.17, 15) is 9.90 Å². The second-order valence-corrected chi connectivity index (χ2v) is 4.80. The van der Waals surface area contributed by atoms with Crippen molar-refractivity contribution in [3.8, 4) is 11.5 Å². The lowest BCUT2D eigenvalue weighted by atomic mass is 9.70. The summed E-state index contributed by atoms with van der Waals surface area (Å²) >= 11 is 0. The van der Waals surface area contributed by atoms with Crippen LogP contribution >= 0.6 is 0 Å². The van der Waals surface area contributed by atoms with Crippen LogP contribution in [0.25, 0.3) is 0 Å². The Kier molecular flexibility index (Phi) is 2.83. The molecule has 1 aliphatic rings. The summed E-state index contributed by atoms with van der Waals surface area (Å²) in [5.41, 5.74) is 0.213. The van der Waals surface area contributed by atoms with Crippen LogP contribution in [0.5, 0.6) is 11.5 Å². The van der Waals surface area contributed by atoms with Crippen LogP contribution < -0.4 is 4.74 Å². The summed E-state index contributed by atoms with van der Waals surface area (Å²) in [4.78, 5) is 12.1. The third-order valence-corrected chi connectivity index (χ3v) is 3.73. The molecule has 0 spiro atoms. The Balaban J connectivity index is 2.37. The molecule has 20 heavy (non-hydrogen) atoms. The second-order valence-electron chi connectivity index (χ2n) is 4.80. The molecule has 0 aromatic heterocycles. The number of aliphatic carboxylic acids is 1. The summed E-state index contributed by atoms with van der Waals surface area (Å²) in [6, 6.07) is 14.6. The molecule has 100 valence electrons. The van der Waals surface area contributed by atoms with Crippen LogP contribution in [-0.4, -0.2) is 11.1 Å². The van der Waals surface area contributed by atoms with E-state index < -0.39 is 11.4 Å². The molecule has 1 N–H and O–H groups in total. The van der Waals surface area contributed by atoms with Gasteiger partial charge in [-0.25, -0.2) is 0 Å². The van der Waals surface area contributed by atoms with Crippen molar-refractivity contribution >= 4 is 5.97 Å². The molecule has 0 unspecified atom stereocenters. The molecular weight excluding hydrogens is 252 g/mol. The fraction of sp³-hybridized carbons (Fsp3) is 0.118. The first kappa shape index (κ1) is 12.5. The van der Waals surface area contributed by atoms with Crippen LogP contribution in [0.1, 0.15) is 17.5 Å². The molecule has 3 rings (SSSR count). The molecule has 0 fully saturated rings. The molecule has 2 aromatic carbocycles. The van der Waals surface area contributed by atoms with Gasteiger partial charge in [-0.15, -0.1) is 6.58 Å². The highest BCUT2D eigenvalue weighted by atomic mass is 16.5. The van der Waals surface area contributed by atoms with Crippen LogP contribution in [0.15, 0.2) is 61.2 Å². The smallest absolute Gasteiger partial charge is 0.319 e. The van der Waals surface area contributed by atoms with E-state index in [1.54, 1.807) is 18.2 Å². The highest BCUT2D eigenvalue weighted by molar-refractivity contribution is 5.89. The van der Waals surface area contributed by atoms with Gasteiger partial charge in [-0.05, 0) is 18.6 Å². The predicted molar refractivity (Wildman–Crippen MR) is 76.2 cm³/mol. The Hall–Kier alpha value is -2.55. The lowest BCUT2D eigenvalue weighted by Gasteiger charge is -2.36. The van der Waals surface area contributed by atoms with Gasteiger partial charge in [0.25, 0.3) is 0 Å². The van der Waals surface area contributed by atoms with E-state index in [4.69, 9.17) is 4.74 Å². The Morgan fingerprint density at radius 1 is 1.10 bits per heavy atom. The molecule has 3 nitrogen and oxygen atoms in total. The van der Waals surface area contributed by atoms with E-state index in [-0.39, 0.29) is 0 Å². The second kappa shape index (κ2) is 4.53.